The summed E-state index contributed by atoms with van der Waals surface area (Å²) in [5.74, 6) is 0.158. The first-order valence-corrected chi connectivity index (χ1v) is 4.47. The minimum atomic E-state index is -0.188. The second-order valence-corrected chi connectivity index (χ2v) is 3.59. The first-order valence-electron chi connectivity index (χ1n) is 4.47. The van der Waals surface area contributed by atoms with Gasteiger partial charge in [0.15, 0.2) is 0 Å². The van der Waals surface area contributed by atoms with Gasteiger partial charge in [-0.05, 0) is 11.6 Å². The van der Waals surface area contributed by atoms with E-state index in [0.717, 1.165) is 0 Å². The van der Waals surface area contributed by atoms with Crippen LogP contribution in [0.25, 0.3) is 0 Å². The summed E-state index contributed by atoms with van der Waals surface area (Å²) in [4.78, 5) is 11.0. The summed E-state index contributed by atoms with van der Waals surface area (Å²) < 4.78 is 13.3. The molecule has 1 aromatic carbocycles. The van der Waals surface area contributed by atoms with Crippen LogP contribution < -0.4 is 0 Å². The van der Waals surface area contributed by atoms with Crippen LogP contribution >= 0.6 is 0 Å². The van der Waals surface area contributed by atoms with E-state index in [1.807, 2.05) is 13.0 Å². The first-order chi connectivity index (χ1) is 6.20. The zero-order valence-corrected chi connectivity index (χ0v) is 7.46. The summed E-state index contributed by atoms with van der Waals surface area (Å²) in [6.07, 6.45) is 0.502. The Morgan fingerprint density at radius 3 is 2.62 bits per heavy atom. The highest BCUT2D eigenvalue weighted by Gasteiger charge is 2.37. The number of benzene rings is 1. The van der Waals surface area contributed by atoms with Crippen molar-refractivity contribution in [3.63, 3.8) is 0 Å². The molecule has 68 valence electrons. The topological polar surface area (TPSA) is 17.1 Å². The predicted octanol–water partition coefficient (Wildman–Crippen LogP) is 2.52. The van der Waals surface area contributed by atoms with Crippen molar-refractivity contribution in [1.29, 1.82) is 0 Å². The zero-order valence-electron chi connectivity index (χ0n) is 7.46. The molecular weight excluding hydrogens is 167 g/mol. The summed E-state index contributed by atoms with van der Waals surface area (Å²) in [6, 6.07) is 6.70. The Hall–Kier alpha value is -1.18. The minimum Gasteiger partial charge on any atom is -0.299 e. The van der Waals surface area contributed by atoms with Gasteiger partial charge in [0.05, 0.1) is 0 Å². The van der Waals surface area contributed by atoms with Gasteiger partial charge in [0.25, 0.3) is 0 Å². The van der Waals surface area contributed by atoms with E-state index in [1.54, 1.807) is 12.1 Å². The minimum absolute atomic E-state index is 0.00287. The van der Waals surface area contributed by atoms with Gasteiger partial charge in [-0.1, -0.05) is 25.1 Å². The summed E-state index contributed by atoms with van der Waals surface area (Å²) in [6.45, 7) is 1.86. The molecule has 0 radical (unpaired) electrons. The molecule has 0 spiro atoms. The highest BCUT2D eigenvalue weighted by Crippen LogP contribution is 2.39. The van der Waals surface area contributed by atoms with E-state index in [4.69, 9.17) is 0 Å². The maximum Gasteiger partial charge on any atom is 0.136 e. The maximum absolute atomic E-state index is 13.3. The molecule has 1 nitrogen and oxygen atoms in total. The number of Topliss-reactive ketones (excluding diaryl/α,β-unsaturated/α-hetero) is 1. The predicted molar refractivity (Wildman–Crippen MR) is 47.9 cm³/mol. The van der Waals surface area contributed by atoms with Gasteiger partial charge in [-0.3, -0.25) is 4.79 Å². The molecule has 0 saturated heterocycles. The van der Waals surface area contributed by atoms with Gasteiger partial charge < -0.3 is 0 Å². The lowest BCUT2D eigenvalue weighted by molar-refractivity contribution is -0.130. The highest BCUT2D eigenvalue weighted by atomic mass is 19.1. The van der Waals surface area contributed by atoms with Crippen LogP contribution in [0, 0.1) is 11.7 Å². The summed E-state index contributed by atoms with van der Waals surface area (Å²) in [5.41, 5.74) is 0.689. The van der Waals surface area contributed by atoms with E-state index >= 15 is 0 Å². The van der Waals surface area contributed by atoms with Crippen molar-refractivity contribution in [2.75, 3.05) is 0 Å². The van der Waals surface area contributed by atoms with Crippen LogP contribution in [0.1, 0.15) is 24.8 Å². The van der Waals surface area contributed by atoms with Crippen molar-refractivity contribution < 1.29 is 9.18 Å². The van der Waals surface area contributed by atoms with Gasteiger partial charge in [-0.25, -0.2) is 4.39 Å². The normalized spacial score (nSPS) is 27.1. The maximum atomic E-state index is 13.3. The number of hydrogen-bond acceptors (Lipinski definition) is 1. The molecule has 0 aromatic heterocycles. The molecule has 2 rings (SSSR count). The lowest BCUT2D eigenvalue weighted by atomic mass is 9.70. The SMILES string of the molecule is CC1C(=O)CC1c1ccccc1F. The first kappa shape index (κ1) is 8.42. The van der Waals surface area contributed by atoms with E-state index < -0.39 is 0 Å². The van der Waals surface area contributed by atoms with Crippen molar-refractivity contribution in [3.8, 4) is 0 Å². The molecule has 1 fully saturated rings. The van der Waals surface area contributed by atoms with E-state index in [9.17, 15) is 9.18 Å². The van der Waals surface area contributed by atoms with Crippen molar-refractivity contribution in [2.24, 2.45) is 5.92 Å². The molecule has 0 aliphatic heterocycles. The second-order valence-electron chi connectivity index (χ2n) is 3.59. The Morgan fingerprint density at radius 1 is 1.38 bits per heavy atom. The van der Waals surface area contributed by atoms with Crippen molar-refractivity contribution in [3.05, 3.63) is 35.6 Å². The Labute approximate surface area is 76.6 Å². The van der Waals surface area contributed by atoms with Crippen LogP contribution in [0.2, 0.25) is 0 Å². The monoisotopic (exact) mass is 178 g/mol. The number of halogens is 1. The van der Waals surface area contributed by atoms with Crippen molar-refractivity contribution in [1.82, 2.24) is 0 Å². The molecule has 0 bridgehead atoms. The Kier molecular flexibility index (Phi) is 1.91. The molecule has 0 amide bonds. The molecule has 1 aliphatic carbocycles. The third-order valence-electron chi connectivity index (χ3n) is 2.84. The fraction of sp³-hybridized carbons (Fsp3) is 0.364. The Bertz CT molecular complexity index is 346. The third kappa shape index (κ3) is 1.26. The molecule has 2 unspecified atom stereocenters. The number of carbonyl (C=O) groups excluding carboxylic acids is 1. The van der Waals surface area contributed by atoms with Crippen LogP contribution in [0.5, 0.6) is 0 Å². The second kappa shape index (κ2) is 2.95. The largest absolute Gasteiger partial charge is 0.299 e. The molecule has 2 heteroatoms. The van der Waals surface area contributed by atoms with Crippen LogP contribution in [-0.2, 0) is 4.79 Å². The van der Waals surface area contributed by atoms with Crippen molar-refractivity contribution >= 4 is 5.78 Å². The summed E-state index contributed by atoms with van der Waals surface area (Å²) in [7, 11) is 0. The lowest BCUT2D eigenvalue weighted by Crippen LogP contribution is -2.33. The van der Waals surface area contributed by atoms with Gasteiger partial charge in [0.1, 0.15) is 11.6 Å². The standard InChI is InChI=1S/C11H11FO/c1-7-9(6-11(7)13)8-4-2-3-5-10(8)12/h2-5,7,9H,6H2,1H3. The Balaban J connectivity index is 2.27. The molecule has 0 heterocycles. The molecule has 1 aromatic rings. The van der Waals surface area contributed by atoms with Crippen LogP contribution in [0.15, 0.2) is 24.3 Å². The van der Waals surface area contributed by atoms with Gasteiger partial charge in [-0.2, -0.15) is 0 Å². The van der Waals surface area contributed by atoms with Crippen LogP contribution in [-0.4, -0.2) is 5.78 Å². The summed E-state index contributed by atoms with van der Waals surface area (Å²) in [5, 5.41) is 0. The molecule has 1 saturated carbocycles. The fourth-order valence-corrected chi connectivity index (χ4v) is 1.80. The smallest absolute Gasteiger partial charge is 0.136 e. The molecule has 1 aliphatic rings. The van der Waals surface area contributed by atoms with E-state index in [2.05, 4.69) is 0 Å². The molecular formula is C11H11FO. The fourth-order valence-electron chi connectivity index (χ4n) is 1.80. The molecule has 13 heavy (non-hydrogen) atoms. The zero-order chi connectivity index (χ0) is 9.42. The number of hydrogen-bond donors (Lipinski definition) is 0. The quantitative estimate of drug-likeness (QED) is 0.645. The van der Waals surface area contributed by atoms with E-state index in [-0.39, 0.29) is 23.4 Å². The average Bonchev–Trinajstić information content (AvgIpc) is 2.15. The van der Waals surface area contributed by atoms with E-state index in [0.29, 0.717) is 12.0 Å². The number of carbonyl (C=O) groups is 1. The van der Waals surface area contributed by atoms with Gasteiger partial charge >= 0.3 is 0 Å². The number of rotatable bonds is 1. The Morgan fingerprint density at radius 2 is 2.08 bits per heavy atom. The average molecular weight is 178 g/mol. The molecule has 2 atom stereocenters. The van der Waals surface area contributed by atoms with Gasteiger partial charge in [-0.15, -0.1) is 0 Å². The van der Waals surface area contributed by atoms with Crippen molar-refractivity contribution in [2.45, 2.75) is 19.3 Å². The van der Waals surface area contributed by atoms with Crippen LogP contribution in [0.4, 0.5) is 4.39 Å². The highest BCUT2D eigenvalue weighted by molar-refractivity contribution is 5.88. The van der Waals surface area contributed by atoms with Gasteiger partial charge in [0, 0.05) is 18.3 Å². The van der Waals surface area contributed by atoms with Crippen LogP contribution in [0.3, 0.4) is 0 Å². The van der Waals surface area contributed by atoms with E-state index in [1.165, 1.54) is 6.07 Å². The van der Waals surface area contributed by atoms with Gasteiger partial charge in [0.2, 0.25) is 0 Å². The lowest BCUT2D eigenvalue weighted by Gasteiger charge is -2.32. The number of ketones is 1. The molecule has 0 N–H and O–H groups in total. The summed E-state index contributed by atoms with van der Waals surface area (Å²) >= 11 is 0. The third-order valence-corrected chi connectivity index (χ3v) is 2.84.